The molecule has 0 amide bonds. The minimum Gasteiger partial charge on any atom is -0.426 e. The molecule has 0 fully saturated rings. The molecule has 0 unspecified atom stereocenters. The van der Waals surface area contributed by atoms with Gasteiger partial charge in [0.15, 0.2) is 4.74 Å². The average molecular weight is 323 g/mol. The molecular formula is C10H10BrClFN3O. The van der Waals surface area contributed by atoms with Crippen LogP contribution in [0.1, 0.15) is 0 Å². The lowest BCUT2D eigenvalue weighted by atomic mass is 10.3. The van der Waals surface area contributed by atoms with Gasteiger partial charge in [0.2, 0.25) is 0 Å². The van der Waals surface area contributed by atoms with Gasteiger partial charge in [0.05, 0.1) is 0 Å². The second-order valence-corrected chi connectivity index (χ2v) is 4.07. The third kappa shape index (κ3) is 5.65. The number of rotatable bonds is 3. The number of benzene rings is 1. The second kappa shape index (κ2) is 7.24. The number of aliphatic imine (C=N–C) groups is 1. The van der Waals surface area contributed by atoms with Crippen LogP contribution >= 0.6 is 27.5 Å². The van der Waals surface area contributed by atoms with Crippen molar-refractivity contribution in [2.45, 2.75) is 0 Å². The monoisotopic (exact) mass is 321 g/mol. The van der Waals surface area contributed by atoms with E-state index in [1.807, 2.05) is 0 Å². The van der Waals surface area contributed by atoms with Gasteiger partial charge < -0.3 is 10.1 Å². The Morgan fingerprint density at radius 1 is 1.59 bits per heavy atom. The lowest BCUT2D eigenvalue weighted by molar-refractivity contribution is 0.464. The molecule has 4 nitrogen and oxygen atoms in total. The van der Waals surface area contributed by atoms with Crippen molar-refractivity contribution in [2.75, 3.05) is 13.2 Å². The summed E-state index contributed by atoms with van der Waals surface area (Å²) in [6, 6.07) is 6.71. The molecule has 0 spiro atoms. The minimum absolute atomic E-state index is 0.0341. The highest BCUT2D eigenvalue weighted by Crippen LogP contribution is 2.17. The van der Waals surface area contributed by atoms with Crippen LogP contribution in [0.25, 0.3) is 0 Å². The number of hydrogen-bond donors (Lipinski definition) is 2. The first-order valence-corrected chi connectivity index (χ1v) is 5.85. The lowest BCUT2D eigenvalue weighted by Crippen LogP contribution is -2.31. The number of alkyl halides is 1. The zero-order valence-corrected chi connectivity index (χ0v) is 11.1. The second-order valence-electron chi connectivity index (χ2n) is 2.88. The fourth-order valence-electron chi connectivity index (χ4n) is 0.984. The van der Waals surface area contributed by atoms with Crippen LogP contribution in [-0.2, 0) is 0 Å². The predicted molar refractivity (Wildman–Crippen MR) is 70.1 cm³/mol. The van der Waals surface area contributed by atoms with E-state index in [1.54, 1.807) is 24.3 Å². The molecule has 0 heterocycles. The number of hydrogen-bond acceptors (Lipinski definition) is 2. The highest BCUT2D eigenvalue weighted by molar-refractivity contribution is 9.18. The molecule has 0 aromatic heterocycles. The first-order valence-electron chi connectivity index (χ1n) is 4.68. The van der Waals surface area contributed by atoms with Crippen molar-refractivity contribution in [3.8, 4) is 5.75 Å². The summed E-state index contributed by atoms with van der Waals surface area (Å²) in [5, 5.41) is 10.3. The number of amidine groups is 2. The van der Waals surface area contributed by atoms with Crippen molar-refractivity contribution < 1.29 is 9.13 Å². The molecule has 0 saturated heterocycles. The maximum atomic E-state index is 12.0. The van der Waals surface area contributed by atoms with Crippen molar-refractivity contribution in [1.29, 1.82) is 5.41 Å². The molecule has 1 rings (SSSR count). The Labute approximate surface area is 111 Å². The SMILES string of the molecule is N=C(Br)/N=C(\NCCF)Oc1cccc(Cl)c1. The summed E-state index contributed by atoms with van der Waals surface area (Å²) >= 11 is 8.64. The van der Waals surface area contributed by atoms with Crippen molar-refractivity contribution in [3.63, 3.8) is 0 Å². The van der Waals surface area contributed by atoms with Crippen molar-refractivity contribution in [3.05, 3.63) is 29.3 Å². The van der Waals surface area contributed by atoms with Crippen LogP contribution in [0, 0.1) is 5.41 Å². The molecule has 0 radical (unpaired) electrons. The van der Waals surface area contributed by atoms with E-state index < -0.39 is 6.67 Å². The predicted octanol–water partition coefficient (Wildman–Crippen LogP) is 2.96. The van der Waals surface area contributed by atoms with E-state index in [0.29, 0.717) is 10.8 Å². The van der Waals surface area contributed by atoms with Gasteiger partial charge in [0.1, 0.15) is 12.4 Å². The summed E-state index contributed by atoms with van der Waals surface area (Å²) < 4.78 is 17.2. The van der Waals surface area contributed by atoms with Crippen molar-refractivity contribution in [2.24, 2.45) is 4.99 Å². The molecule has 0 aliphatic heterocycles. The average Bonchev–Trinajstić information content (AvgIpc) is 2.25. The Bertz CT molecular complexity index is 428. The Hall–Kier alpha value is -1.14. The third-order valence-corrected chi connectivity index (χ3v) is 1.99. The van der Waals surface area contributed by atoms with E-state index >= 15 is 0 Å². The first-order chi connectivity index (χ1) is 8.11. The molecule has 0 aliphatic rings. The highest BCUT2D eigenvalue weighted by Gasteiger charge is 2.03. The molecule has 1 aromatic rings. The van der Waals surface area contributed by atoms with Gasteiger partial charge in [-0.2, -0.15) is 4.99 Å². The quantitative estimate of drug-likeness (QED) is 0.511. The molecule has 17 heavy (non-hydrogen) atoms. The highest BCUT2D eigenvalue weighted by atomic mass is 79.9. The Kier molecular flexibility index (Phi) is 5.93. The van der Waals surface area contributed by atoms with Gasteiger partial charge in [0.25, 0.3) is 6.02 Å². The maximum Gasteiger partial charge on any atom is 0.297 e. The number of nitrogens with zero attached hydrogens (tertiary/aromatic N) is 1. The van der Waals surface area contributed by atoms with E-state index in [-0.39, 0.29) is 17.3 Å². The topological polar surface area (TPSA) is 57.5 Å². The van der Waals surface area contributed by atoms with Crippen LogP contribution in [0.4, 0.5) is 4.39 Å². The largest absolute Gasteiger partial charge is 0.426 e. The van der Waals surface area contributed by atoms with E-state index in [0.717, 1.165) is 0 Å². The van der Waals surface area contributed by atoms with E-state index in [4.69, 9.17) is 21.7 Å². The molecule has 1 aromatic carbocycles. The zero-order valence-electron chi connectivity index (χ0n) is 8.71. The number of ether oxygens (including phenoxy) is 1. The Morgan fingerprint density at radius 3 is 2.94 bits per heavy atom. The standard InChI is InChI=1S/C10H10BrClFN3O/c11-9(14)16-10(15-5-4-13)17-8-3-1-2-7(12)6-8/h1-3,6H,4-5H2,(H2,14,15,16). The fraction of sp³-hybridized carbons (Fsp3) is 0.200. The zero-order chi connectivity index (χ0) is 12.7. The summed E-state index contributed by atoms with van der Waals surface area (Å²) in [7, 11) is 0. The summed E-state index contributed by atoms with van der Waals surface area (Å²) in [6.45, 7) is -0.507. The van der Waals surface area contributed by atoms with E-state index in [1.165, 1.54) is 0 Å². The first kappa shape index (κ1) is 13.9. The summed E-state index contributed by atoms with van der Waals surface area (Å²) in [5.41, 5.74) is 0. The Balaban J connectivity index is 2.75. The van der Waals surface area contributed by atoms with Crippen molar-refractivity contribution in [1.82, 2.24) is 5.32 Å². The molecular weight excluding hydrogens is 312 g/mol. The van der Waals surface area contributed by atoms with Gasteiger partial charge in [-0.3, -0.25) is 5.41 Å². The molecule has 0 bridgehead atoms. The lowest BCUT2D eigenvalue weighted by Gasteiger charge is -2.09. The van der Waals surface area contributed by atoms with Crippen LogP contribution in [0.5, 0.6) is 5.75 Å². The smallest absolute Gasteiger partial charge is 0.297 e. The van der Waals surface area contributed by atoms with E-state index in [9.17, 15) is 4.39 Å². The molecule has 2 N–H and O–H groups in total. The van der Waals surface area contributed by atoms with Crippen LogP contribution in [0.3, 0.4) is 0 Å². The maximum absolute atomic E-state index is 12.0. The van der Waals surface area contributed by atoms with Crippen LogP contribution in [-0.4, -0.2) is 24.0 Å². The summed E-state index contributed by atoms with van der Waals surface area (Å²) in [5.74, 6) is 0.455. The van der Waals surface area contributed by atoms with Gasteiger partial charge in [-0.25, -0.2) is 4.39 Å². The van der Waals surface area contributed by atoms with Crippen LogP contribution < -0.4 is 10.1 Å². The number of halogens is 3. The van der Waals surface area contributed by atoms with Crippen molar-refractivity contribution >= 4 is 38.3 Å². The van der Waals surface area contributed by atoms with Gasteiger partial charge in [-0.05, 0) is 34.1 Å². The summed E-state index contributed by atoms with van der Waals surface area (Å²) in [4.78, 5) is 3.71. The Morgan fingerprint density at radius 2 is 2.35 bits per heavy atom. The minimum atomic E-state index is -0.562. The molecule has 0 aliphatic carbocycles. The van der Waals surface area contributed by atoms with Gasteiger partial charge in [-0.15, -0.1) is 0 Å². The molecule has 0 atom stereocenters. The normalized spacial score (nSPS) is 11.1. The third-order valence-electron chi connectivity index (χ3n) is 1.58. The van der Waals surface area contributed by atoms with Crippen LogP contribution in [0.2, 0.25) is 5.02 Å². The number of nitrogens with one attached hydrogen (secondary N) is 2. The van der Waals surface area contributed by atoms with Crippen LogP contribution in [0.15, 0.2) is 29.3 Å². The summed E-state index contributed by atoms with van der Waals surface area (Å²) in [6.07, 6.45) is 0. The molecule has 0 saturated carbocycles. The molecule has 92 valence electrons. The van der Waals surface area contributed by atoms with Gasteiger partial charge in [0, 0.05) is 11.6 Å². The van der Waals surface area contributed by atoms with Gasteiger partial charge in [-0.1, -0.05) is 17.7 Å². The molecule has 7 heteroatoms. The van der Waals surface area contributed by atoms with E-state index in [2.05, 4.69) is 26.2 Å². The van der Waals surface area contributed by atoms with Gasteiger partial charge >= 0.3 is 0 Å². The fourth-order valence-corrected chi connectivity index (χ4v) is 1.33.